The molecule has 9 atom stereocenters. The molecule has 0 spiro atoms. The molecule has 210 valence electrons. The molecule has 1 heterocycles. The first-order chi connectivity index (χ1) is 17.9. The van der Waals surface area contributed by atoms with Crippen LogP contribution in [0.4, 0.5) is 0 Å². The Kier molecular flexibility index (Phi) is 10.8. The molecule has 0 amide bonds. The highest BCUT2D eigenvalue weighted by Crippen LogP contribution is 2.67. The van der Waals surface area contributed by atoms with E-state index < -0.39 is 0 Å². The summed E-state index contributed by atoms with van der Waals surface area (Å²) in [5.74, 6) is 9.18. The molecule has 5 rings (SSSR count). The van der Waals surface area contributed by atoms with Gasteiger partial charge in [-0.25, -0.2) is 0 Å². The Balaban J connectivity index is 0.000000907. The van der Waals surface area contributed by atoms with E-state index in [0.29, 0.717) is 16.7 Å². The molecule has 0 aliphatic heterocycles. The number of aromatic nitrogens is 2. The molecule has 4 saturated carbocycles. The first kappa shape index (κ1) is 30.3. The summed E-state index contributed by atoms with van der Waals surface area (Å²) in [6.07, 6.45) is 27.2. The largest absolute Gasteiger partial charge is 0.271 e. The summed E-state index contributed by atoms with van der Waals surface area (Å²) in [7, 11) is 0. The zero-order valence-electron chi connectivity index (χ0n) is 25.9. The first-order valence-corrected chi connectivity index (χ1v) is 16.4. The summed E-state index contributed by atoms with van der Waals surface area (Å²) >= 11 is 0. The van der Waals surface area contributed by atoms with Crippen molar-refractivity contribution in [2.24, 2.45) is 52.3 Å². The van der Waals surface area contributed by atoms with Crippen LogP contribution in [0.2, 0.25) is 0 Å². The highest BCUT2D eigenvalue weighted by Gasteiger charge is 2.59. The number of hydrogen-bond donors (Lipinski definition) is 0. The molecule has 4 fully saturated rings. The minimum Gasteiger partial charge on any atom is -0.271 e. The van der Waals surface area contributed by atoms with Crippen LogP contribution in [0.5, 0.6) is 0 Å². The van der Waals surface area contributed by atoms with Gasteiger partial charge in [0.25, 0.3) is 0 Å². The smallest absolute Gasteiger partial charge is 0.0646 e. The Bertz CT molecular complexity index is 863. The molecule has 0 bridgehead atoms. The van der Waals surface area contributed by atoms with Gasteiger partial charge in [0.1, 0.15) is 0 Å². The molecular formula is C35H60N2. The van der Waals surface area contributed by atoms with Crippen molar-refractivity contribution in [2.45, 2.75) is 139 Å². The van der Waals surface area contributed by atoms with Crippen molar-refractivity contribution in [2.75, 3.05) is 0 Å². The summed E-state index contributed by atoms with van der Waals surface area (Å²) in [5.41, 5.74) is 2.06. The molecule has 0 N–H and O–H groups in total. The van der Waals surface area contributed by atoms with E-state index in [1.165, 1.54) is 70.6 Å². The van der Waals surface area contributed by atoms with E-state index in [2.05, 4.69) is 49.6 Å². The third-order valence-electron chi connectivity index (χ3n) is 11.7. The number of fused-ring (bicyclic) bond motifs is 5. The zero-order valence-corrected chi connectivity index (χ0v) is 25.9. The molecule has 0 saturated heterocycles. The first-order valence-electron chi connectivity index (χ1n) is 16.4. The fraction of sp³-hybridized carbons (Fsp3) is 0.857. The predicted octanol–water partition coefficient (Wildman–Crippen LogP) is 10.0. The Morgan fingerprint density at radius 3 is 2.38 bits per heavy atom. The molecule has 2 nitrogen and oxygen atoms in total. The zero-order chi connectivity index (χ0) is 27.2. The van der Waals surface area contributed by atoms with Crippen LogP contribution in [-0.4, -0.2) is 9.78 Å². The fourth-order valence-corrected chi connectivity index (χ4v) is 10.2. The second-order valence-corrected chi connectivity index (χ2v) is 13.2. The lowest BCUT2D eigenvalue weighted by molar-refractivity contribution is -0.153. The van der Waals surface area contributed by atoms with Gasteiger partial charge in [0.05, 0.1) is 11.8 Å². The van der Waals surface area contributed by atoms with Gasteiger partial charge in [-0.05, 0) is 110 Å². The van der Waals surface area contributed by atoms with Crippen molar-refractivity contribution in [3.63, 3.8) is 0 Å². The molecule has 37 heavy (non-hydrogen) atoms. The highest BCUT2D eigenvalue weighted by molar-refractivity contribution is 5.26. The molecule has 0 aromatic carbocycles. The van der Waals surface area contributed by atoms with Gasteiger partial charge in [0.15, 0.2) is 0 Å². The monoisotopic (exact) mass is 508 g/mol. The molecule has 9 unspecified atom stereocenters. The lowest BCUT2D eigenvalue weighted by atomic mass is 9.41. The van der Waals surface area contributed by atoms with E-state index in [1.807, 2.05) is 33.9 Å². The minimum atomic E-state index is 0.517. The second kappa shape index (κ2) is 13.2. The van der Waals surface area contributed by atoms with Crippen LogP contribution in [0.25, 0.3) is 0 Å². The van der Waals surface area contributed by atoms with Gasteiger partial charge in [-0.2, -0.15) is 5.10 Å². The number of nitrogens with zero attached hydrogens (tertiary/aromatic N) is 2. The van der Waals surface area contributed by atoms with Crippen LogP contribution in [0, 0.1) is 64.6 Å². The number of rotatable bonds is 5. The van der Waals surface area contributed by atoms with Gasteiger partial charge in [0, 0.05) is 12.7 Å². The lowest BCUT2D eigenvalue weighted by Crippen LogP contribution is -2.57. The van der Waals surface area contributed by atoms with E-state index >= 15 is 0 Å². The fourth-order valence-electron chi connectivity index (χ4n) is 10.2. The standard InChI is InChI=1S/C31H48N2.2C2H6/c1-6-9-24-14-16-30(4)25(18-24)12-13-26-28-11-8-10-27(31(28,5)17-15-29(26)30)22(3)20-33-21-23(7-2)19-32-33;2*1-2/h2,19,21-22,24-29H,6,8-18,20H2,1,3-5H3;2*1-2H3. The van der Waals surface area contributed by atoms with E-state index in [-0.39, 0.29) is 0 Å². The second-order valence-electron chi connectivity index (χ2n) is 13.2. The van der Waals surface area contributed by atoms with Gasteiger partial charge < -0.3 is 0 Å². The van der Waals surface area contributed by atoms with Crippen molar-refractivity contribution in [3.05, 3.63) is 18.0 Å². The van der Waals surface area contributed by atoms with Crippen molar-refractivity contribution < 1.29 is 0 Å². The number of hydrogen-bond acceptors (Lipinski definition) is 1. The van der Waals surface area contributed by atoms with Crippen molar-refractivity contribution in [1.29, 1.82) is 0 Å². The predicted molar refractivity (Wildman–Crippen MR) is 160 cm³/mol. The van der Waals surface area contributed by atoms with Gasteiger partial charge in [0.2, 0.25) is 0 Å². The molecule has 1 aromatic heterocycles. The molecule has 4 aliphatic carbocycles. The molecule has 0 radical (unpaired) electrons. The normalized spacial score (nSPS) is 39.2. The van der Waals surface area contributed by atoms with Crippen LogP contribution in [0.1, 0.15) is 138 Å². The highest BCUT2D eigenvalue weighted by atomic mass is 15.3. The number of terminal acetylenes is 1. The van der Waals surface area contributed by atoms with Crippen molar-refractivity contribution in [1.82, 2.24) is 9.78 Å². The molecule has 1 aromatic rings. The summed E-state index contributed by atoms with van der Waals surface area (Å²) in [6.45, 7) is 19.3. The van der Waals surface area contributed by atoms with E-state index in [0.717, 1.165) is 47.6 Å². The van der Waals surface area contributed by atoms with Crippen LogP contribution >= 0.6 is 0 Å². The van der Waals surface area contributed by atoms with Gasteiger partial charge in [-0.1, -0.05) is 80.6 Å². The van der Waals surface area contributed by atoms with Crippen LogP contribution < -0.4 is 0 Å². The van der Waals surface area contributed by atoms with Gasteiger partial charge >= 0.3 is 0 Å². The Morgan fingerprint density at radius 1 is 1.00 bits per heavy atom. The summed E-state index contributed by atoms with van der Waals surface area (Å²) in [6, 6.07) is 0. The Hall–Kier alpha value is -1.23. The molecule has 2 heteroatoms. The van der Waals surface area contributed by atoms with Crippen LogP contribution in [0.3, 0.4) is 0 Å². The van der Waals surface area contributed by atoms with Crippen LogP contribution in [0.15, 0.2) is 12.4 Å². The summed E-state index contributed by atoms with van der Waals surface area (Å²) in [4.78, 5) is 0. The average molecular weight is 509 g/mol. The lowest BCUT2D eigenvalue weighted by Gasteiger charge is -2.64. The third kappa shape index (κ3) is 5.87. The Morgan fingerprint density at radius 2 is 1.70 bits per heavy atom. The van der Waals surface area contributed by atoms with E-state index in [4.69, 9.17) is 6.42 Å². The maximum absolute atomic E-state index is 5.58. The maximum atomic E-state index is 5.58. The van der Waals surface area contributed by atoms with Gasteiger partial charge in [-0.3, -0.25) is 4.68 Å². The Labute approximate surface area is 231 Å². The quantitative estimate of drug-likeness (QED) is 0.362. The third-order valence-corrected chi connectivity index (χ3v) is 11.7. The average Bonchev–Trinajstić information content (AvgIpc) is 3.38. The SMILES string of the molecule is C#Cc1cnn(CC(C)C2CCCC3C4CCC5CC(CCC)CCC5(C)C4CCC23C)c1.CC.CC. The molecular weight excluding hydrogens is 448 g/mol. The maximum Gasteiger partial charge on any atom is 0.0646 e. The van der Waals surface area contributed by atoms with Crippen molar-refractivity contribution >= 4 is 0 Å². The summed E-state index contributed by atoms with van der Waals surface area (Å²) in [5, 5.41) is 4.56. The van der Waals surface area contributed by atoms with Crippen molar-refractivity contribution in [3.8, 4) is 12.3 Å². The molecule has 4 aliphatic rings. The van der Waals surface area contributed by atoms with E-state index in [1.54, 1.807) is 6.42 Å². The van der Waals surface area contributed by atoms with E-state index in [9.17, 15) is 0 Å². The van der Waals surface area contributed by atoms with Gasteiger partial charge in [-0.15, -0.1) is 6.42 Å². The minimum absolute atomic E-state index is 0.517. The topological polar surface area (TPSA) is 17.8 Å². The van der Waals surface area contributed by atoms with Crippen LogP contribution in [-0.2, 0) is 6.54 Å². The summed E-state index contributed by atoms with van der Waals surface area (Å²) < 4.78 is 2.11.